The summed E-state index contributed by atoms with van der Waals surface area (Å²) in [6.45, 7) is 3.94. The fraction of sp³-hybridized carbons (Fsp3) is 0.545. The number of hydrogen-bond donors (Lipinski definition) is 1. The minimum Gasteiger partial charge on any atom is -0.324 e. The fourth-order valence-corrected chi connectivity index (χ4v) is 1.84. The van der Waals surface area contributed by atoms with Crippen LogP contribution in [0, 0.1) is 6.92 Å². The van der Waals surface area contributed by atoms with Crippen molar-refractivity contribution in [2.45, 2.75) is 32.7 Å². The van der Waals surface area contributed by atoms with E-state index in [0.29, 0.717) is 12.2 Å². The first-order chi connectivity index (χ1) is 8.60. The van der Waals surface area contributed by atoms with Crippen molar-refractivity contribution >= 4 is 0 Å². The van der Waals surface area contributed by atoms with E-state index >= 15 is 0 Å². The largest absolute Gasteiger partial charge is 0.324 e. The zero-order valence-electron chi connectivity index (χ0n) is 10.8. The van der Waals surface area contributed by atoms with Crippen molar-refractivity contribution in [1.29, 1.82) is 0 Å². The normalized spacial score (nSPS) is 12.7. The Labute approximate surface area is 105 Å². The second-order valence-corrected chi connectivity index (χ2v) is 4.25. The number of aryl methyl sites for hydroxylation is 3. The molecule has 1 atom stereocenters. The van der Waals surface area contributed by atoms with Crippen LogP contribution in [0.3, 0.4) is 0 Å². The second-order valence-electron chi connectivity index (χ2n) is 4.25. The van der Waals surface area contributed by atoms with Gasteiger partial charge in [0.1, 0.15) is 0 Å². The average molecular weight is 247 g/mol. The first-order valence-electron chi connectivity index (χ1n) is 5.91. The maximum Gasteiger partial charge on any atom is 0.176 e. The zero-order chi connectivity index (χ0) is 13.1. The first kappa shape index (κ1) is 12.6. The number of nitrogens with two attached hydrogens (primary N) is 1. The summed E-state index contributed by atoms with van der Waals surface area (Å²) in [4.78, 5) is 1.43. The lowest BCUT2D eigenvalue weighted by molar-refractivity contribution is 0.620. The highest BCUT2D eigenvalue weighted by atomic mass is 15.6. The number of nitrogens with zero attached hydrogens (tertiary/aromatic N) is 6. The lowest BCUT2D eigenvalue weighted by Crippen LogP contribution is -2.18. The molecule has 1 unspecified atom stereocenters. The molecule has 0 aliphatic rings. The zero-order valence-corrected chi connectivity index (χ0v) is 10.8. The van der Waals surface area contributed by atoms with Gasteiger partial charge in [0.2, 0.25) is 0 Å². The third-order valence-corrected chi connectivity index (χ3v) is 2.71. The number of tetrazole rings is 1. The first-order valence-corrected chi connectivity index (χ1v) is 5.91. The average Bonchev–Trinajstić information content (AvgIpc) is 2.74. The highest BCUT2D eigenvalue weighted by Crippen LogP contribution is 2.18. The minimum atomic E-state index is -0.182. The van der Waals surface area contributed by atoms with E-state index in [9.17, 15) is 0 Å². The molecule has 2 aromatic rings. The van der Waals surface area contributed by atoms with Crippen molar-refractivity contribution in [2.24, 2.45) is 12.8 Å². The summed E-state index contributed by atoms with van der Waals surface area (Å²) in [6.07, 6.45) is 1.36. The van der Waals surface area contributed by atoms with E-state index in [-0.39, 0.29) is 6.04 Å². The lowest BCUT2D eigenvalue weighted by atomic mass is 10.0. The van der Waals surface area contributed by atoms with Gasteiger partial charge in [-0.15, -0.1) is 10.2 Å². The third-order valence-electron chi connectivity index (χ3n) is 2.71. The Bertz CT molecular complexity index is 534. The van der Waals surface area contributed by atoms with Crippen LogP contribution in [0.1, 0.15) is 35.7 Å². The van der Waals surface area contributed by atoms with Crippen LogP contribution in [-0.4, -0.2) is 30.4 Å². The smallest absolute Gasteiger partial charge is 0.176 e. The molecule has 2 aromatic heterocycles. The molecule has 96 valence electrons. The third kappa shape index (κ3) is 2.67. The van der Waals surface area contributed by atoms with Gasteiger partial charge in [0.25, 0.3) is 0 Å². The van der Waals surface area contributed by atoms with Crippen LogP contribution in [0.5, 0.6) is 0 Å². The van der Waals surface area contributed by atoms with E-state index in [1.54, 1.807) is 7.05 Å². The van der Waals surface area contributed by atoms with Gasteiger partial charge in [0.05, 0.1) is 18.4 Å². The summed E-state index contributed by atoms with van der Waals surface area (Å²) in [7, 11) is 1.73. The summed E-state index contributed by atoms with van der Waals surface area (Å²) in [6, 6.07) is 1.80. The van der Waals surface area contributed by atoms with Crippen molar-refractivity contribution in [3.8, 4) is 0 Å². The summed E-state index contributed by atoms with van der Waals surface area (Å²) in [5.41, 5.74) is 9.00. The van der Waals surface area contributed by atoms with Crippen LogP contribution < -0.4 is 5.73 Å². The molecule has 2 N–H and O–H groups in total. The molecule has 7 nitrogen and oxygen atoms in total. The molecule has 7 heteroatoms. The molecule has 0 aromatic carbocycles. The van der Waals surface area contributed by atoms with Crippen LogP contribution in [0.2, 0.25) is 0 Å². The van der Waals surface area contributed by atoms with E-state index < -0.39 is 0 Å². The monoisotopic (exact) mass is 247 g/mol. The van der Waals surface area contributed by atoms with Crippen LogP contribution in [-0.2, 0) is 19.9 Å². The molecular formula is C11H17N7. The molecule has 2 heterocycles. The predicted molar refractivity (Wildman–Crippen MR) is 65.6 cm³/mol. The number of rotatable bonds is 4. The quantitative estimate of drug-likeness (QED) is 0.824. The Hall–Kier alpha value is -1.89. The van der Waals surface area contributed by atoms with Gasteiger partial charge in [-0.1, -0.05) is 6.92 Å². The Morgan fingerprint density at radius 3 is 2.72 bits per heavy atom. The standard InChI is InChI=1S/C11H17N7/c1-4-10-8(5-7(2)13-14-10)9(12)6-11-15-17-18(3)16-11/h5,9H,4,6,12H2,1-3H3. The molecular weight excluding hydrogens is 230 g/mol. The molecule has 0 spiro atoms. The van der Waals surface area contributed by atoms with Gasteiger partial charge in [-0.2, -0.15) is 15.0 Å². The molecule has 0 radical (unpaired) electrons. The van der Waals surface area contributed by atoms with Gasteiger partial charge < -0.3 is 5.73 Å². The van der Waals surface area contributed by atoms with E-state index in [2.05, 4.69) is 25.6 Å². The topological polar surface area (TPSA) is 95.4 Å². The SMILES string of the molecule is CCc1nnc(C)cc1C(N)Cc1nnn(C)n1. The van der Waals surface area contributed by atoms with Gasteiger partial charge in [-0.05, 0) is 30.2 Å². The molecule has 0 saturated heterocycles. The Kier molecular flexibility index (Phi) is 3.61. The Balaban J connectivity index is 2.22. The van der Waals surface area contributed by atoms with Crippen LogP contribution in [0.4, 0.5) is 0 Å². The van der Waals surface area contributed by atoms with Gasteiger partial charge >= 0.3 is 0 Å². The number of hydrogen-bond acceptors (Lipinski definition) is 6. The molecule has 0 aliphatic heterocycles. The van der Waals surface area contributed by atoms with Gasteiger partial charge in [-0.3, -0.25) is 0 Å². The predicted octanol–water partition coefficient (Wildman–Crippen LogP) is 0.113. The highest BCUT2D eigenvalue weighted by molar-refractivity contribution is 5.25. The van der Waals surface area contributed by atoms with Crippen LogP contribution >= 0.6 is 0 Å². The van der Waals surface area contributed by atoms with E-state index in [1.165, 1.54) is 4.80 Å². The second kappa shape index (κ2) is 5.18. The van der Waals surface area contributed by atoms with Crippen molar-refractivity contribution < 1.29 is 0 Å². The molecule has 0 amide bonds. The summed E-state index contributed by atoms with van der Waals surface area (Å²) < 4.78 is 0. The number of aromatic nitrogens is 6. The van der Waals surface area contributed by atoms with Crippen molar-refractivity contribution in [1.82, 2.24) is 30.4 Å². The van der Waals surface area contributed by atoms with Gasteiger partial charge in [-0.25, -0.2) is 0 Å². The molecule has 0 fully saturated rings. The maximum absolute atomic E-state index is 6.20. The Morgan fingerprint density at radius 2 is 2.11 bits per heavy atom. The maximum atomic E-state index is 6.20. The Morgan fingerprint density at radius 1 is 1.33 bits per heavy atom. The van der Waals surface area contributed by atoms with Crippen LogP contribution in [0.25, 0.3) is 0 Å². The van der Waals surface area contributed by atoms with Crippen LogP contribution in [0.15, 0.2) is 6.07 Å². The molecule has 18 heavy (non-hydrogen) atoms. The van der Waals surface area contributed by atoms with E-state index in [4.69, 9.17) is 5.73 Å². The lowest BCUT2D eigenvalue weighted by Gasteiger charge is -2.13. The van der Waals surface area contributed by atoms with Gasteiger partial charge in [0, 0.05) is 12.5 Å². The summed E-state index contributed by atoms with van der Waals surface area (Å²) in [5.74, 6) is 0.640. The van der Waals surface area contributed by atoms with E-state index in [0.717, 1.165) is 23.4 Å². The molecule has 0 saturated carbocycles. The summed E-state index contributed by atoms with van der Waals surface area (Å²) in [5, 5.41) is 20.1. The van der Waals surface area contributed by atoms with Crippen molar-refractivity contribution in [3.63, 3.8) is 0 Å². The molecule has 0 aliphatic carbocycles. The molecule has 0 bridgehead atoms. The fourth-order valence-electron chi connectivity index (χ4n) is 1.84. The van der Waals surface area contributed by atoms with E-state index in [1.807, 2.05) is 19.9 Å². The summed E-state index contributed by atoms with van der Waals surface area (Å²) >= 11 is 0. The highest BCUT2D eigenvalue weighted by Gasteiger charge is 2.15. The molecule has 2 rings (SSSR count). The van der Waals surface area contributed by atoms with Crippen molar-refractivity contribution in [3.05, 3.63) is 28.8 Å². The van der Waals surface area contributed by atoms with Crippen molar-refractivity contribution in [2.75, 3.05) is 0 Å². The minimum absolute atomic E-state index is 0.182. The van der Waals surface area contributed by atoms with Gasteiger partial charge in [0.15, 0.2) is 5.82 Å².